The summed E-state index contributed by atoms with van der Waals surface area (Å²) in [6, 6.07) is 0.136. The van der Waals surface area contributed by atoms with Gasteiger partial charge in [0.05, 0.1) is 7.14 Å². The van der Waals surface area contributed by atoms with Crippen molar-refractivity contribution in [3.05, 3.63) is 10.4 Å². The molecule has 0 bridgehead atoms. The molecule has 0 spiro atoms. The monoisotopic (exact) mass is 227 g/mol. The highest BCUT2D eigenvalue weighted by molar-refractivity contribution is 7.62. The Balaban J connectivity index is 2.52. The molecule has 0 aromatic rings. The van der Waals surface area contributed by atoms with E-state index in [9.17, 15) is 4.57 Å². The number of hydrogen-bond acceptors (Lipinski definition) is 2. The van der Waals surface area contributed by atoms with Gasteiger partial charge in [-0.15, -0.1) is 0 Å². The Morgan fingerprint density at radius 2 is 2.20 bits per heavy atom. The summed E-state index contributed by atoms with van der Waals surface area (Å²) in [4.78, 5) is 2.90. The first-order chi connectivity index (χ1) is 6.92. The highest BCUT2D eigenvalue weighted by Crippen LogP contribution is 2.43. The van der Waals surface area contributed by atoms with Gasteiger partial charge in [0, 0.05) is 17.1 Å². The van der Waals surface area contributed by atoms with E-state index in [0.717, 1.165) is 25.4 Å². The quantitative estimate of drug-likeness (QED) is 0.239. The minimum absolute atomic E-state index is 0.136. The molecule has 0 amide bonds. The van der Waals surface area contributed by atoms with E-state index in [2.05, 4.69) is 17.9 Å². The number of hydrogen-bond donors (Lipinski definition) is 0. The van der Waals surface area contributed by atoms with Gasteiger partial charge in [0.1, 0.15) is 7.85 Å². The maximum Gasteiger partial charge on any atom is 0.105 e. The highest BCUT2D eigenvalue weighted by atomic mass is 31.2. The molecule has 1 fully saturated rings. The summed E-state index contributed by atoms with van der Waals surface area (Å²) < 4.78 is 11.6. The third-order valence-corrected chi connectivity index (χ3v) is 4.47. The van der Waals surface area contributed by atoms with Crippen molar-refractivity contribution in [2.75, 3.05) is 19.5 Å². The summed E-state index contributed by atoms with van der Waals surface area (Å²) in [6.45, 7) is 3.65. The van der Waals surface area contributed by atoms with Crippen molar-refractivity contribution in [1.29, 1.82) is 0 Å². The number of azide groups is 1. The van der Waals surface area contributed by atoms with Gasteiger partial charge >= 0.3 is 0 Å². The predicted octanol–water partition coefficient (Wildman–Crippen LogP) is 2.51. The molecule has 0 saturated heterocycles. The van der Waals surface area contributed by atoms with E-state index in [0.29, 0.717) is 11.7 Å². The summed E-state index contributed by atoms with van der Waals surface area (Å²) in [5.74, 6) is 1.09. The lowest BCUT2D eigenvalue weighted by Crippen LogP contribution is -2.12. The molecule has 0 heterocycles. The van der Waals surface area contributed by atoms with Crippen molar-refractivity contribution in [2.45, 2.75) is 31.1 Å². The zero-order chi connectivity index (χ0) is 11.5. The fourth-order valence-electron chi connectivity index (χ4n) is 2.37. The summed E-state index contributed by atoms with van der Waals surface area (Å²) >= 11 is 0. The molecule has 4 nitrogen and oxygen atoms in total. The zero-order valence-electron chi connectivity index (χ0n) is 9.76. The van der Waals surface area contributed by atoms with Gasteiger partial charge in [-0.25, -0.2) is 0 Å². The van der Waals surface area contributed by atoms with Crippen LogP contribution >= 0.6 is 7.14 Å². The van der Waals surface area contributed by atoms with Gasteiger partial charge in [0.2, 0.25) is 0 Å². The first kappa shape index (κ1) is 12.7. The molecule has 0 radical (unpaired) electrons. The maximum absolute atomic E-state index is 11.6. The molecule has 0 aliphatic heterocycles. The Hall–Kier alpha value is -0.395. The summed E-state index contributed by atoms with van der Waals surface area (Å²) in [6.07, 6.45) is 3.83. The maximum atomic E-state index is 11.6. The van der Waals surface area contributed by atoms with Crippen molar-refractivity contribution in [3.8, 4) is 0 Å². The van der Waals surface area contributed by atoms with Gasteiger partial charge in [-0.05, 0) is 37.6 Å². The summed E-state index contributed by atoms with van der Waals surface area (Å²) in [5, 5.41) is 3.85. The Morgan fingerprint density at radius 1 is 1.53 bits per heavy atom. The van der Waals surface area contributed by atoms with Crippen molar-refractivity contribution < 1.29 is 4.57 Å². The fourth-order valence-corrected chi connectivity index (χ4v) is 3.32. The predicted molar refractivity (Wildman–Crippen MR) is 66.9 cm³/mol. The molecule has 0 aromatic heterocycles. The minimum Gasteiger partial charge on any atom is -0.324 e. The lowest BCUT2D eigenvalue weighted by Gasteiger charge is -2.16. The molecule has 84 valence electrons. The topological polar surface area (TPSA) is 65.8 Å². The average Bonchev–Trinajstić information content (AvgIpc) is 2.42. The zero-order valence-corrected chi connectivity index (χ0v) is 10.7. The fraction of sp³-hybridized carbons (Fsp3) is 1.00. The lowest BCUT2D eigenvalue weighted by molar-refractivity contribution is 0.464. The van der Waals surface area contributed by atoms with Gasteiger partial charge in [-0.3, -0.25) is 0 Å². The molecule has 3 atom stereocenters. The molecule has 1 aliphatic carbocycles. The molecule has 15 heavy (non-hydrogen) atoms. The molecule has 0 N–H and O–H groups in total. The van der Waals surface area contributed by atoms with Crippen LogP contribution in [0.3, 0.4) is 0 Å². The van der Waals surface area contributed by atoms with Crippen LogP contribution in [-0.2, 0) is 4.57 Å². The van der Waals surface area contributed by atoms with Crippen molar-refractivity contribution >= 4 is 15.0 Å². The SMILES string of the molecule is BC1CC(CCP(C)(C)=O)C(N=[N+]=[N-])C1. The van der Waals surface area contributed by atoms with E-state index in [4.69, 9.17) is 5.53 Å². The van der Waals surface area contributed by atoms with Gasteiger partial charge in [-0.2, -0.15) is 0 Å². The molecule has 6 heteroatoms. The Kier molecular flexibility index (Phi) is 4.30. The van der Waals surface area contributed by atoms with Gasteiger partial charge < -0.3 is 4.57 Å². The number of nitrogens with zero attached hydrogens (tertiary/aromatic N) is 3. The third kappa shape index (κ3) is 4.32. The standard InChI is InChI=1S/C9H19BN3OP/c1-15(2,14)4-3-7-5-8(10)6-9(7)12-13-11/h7-9H,3-6,10H2,1-2H3. The normalized spacial score (nSPS) is 31.2. The Morgan fingerprint density at radius 3 is 2.73 bits per heavy atom. The molecule has 1 rings (SSSR count). The number of rotatable bonds is 4. The Bertz CT molecular complexity index is 310. The van der Waals surface area contributed by atoms with E-state index in [1.165, 1.54) is 0 Å². The molecular formula is C9H19BN3OP. The lowest BCUT2D eigenvalue weighted by atomic mass is 9.85. The van der Waals surface area contributed by atoms with E-state index in [1.54, 1.807) is 0 Å². The van der Waals surface area contributed by atoms with Gasteiger partial charge in [0.25, 0.3) is 0 Å². The van der Waals surface area contributed by atoms with Crippen LogP contribution in [0.2, 0.25) is 5.82 Å². The molecule has 1 saturated carbocycles. The van der Waals surface area contributed by atoms with Crippen LogP contribution < -0.4 is 0 Å². The van der Waals surface area contributed by atoms with E-state index in [-0.39, 0.29) is 6.04 Å². The van der Waals surface area contributed by atoms with Crippen molar-refractivity contribution in [1.82, 2.24) is 0 Å². The van der Waals surface area contributed by atoms with Crippen LogP contribution in [0.5, 0.6) is 0 Å². The van der Waals surface area contributed by atoms with Crippen LogP contribution in [0.1, 0.15) is 19.3 Å². The smallest absolute Gasteiger partial charge is 0.105 e. The first-order valence-electron chi connectivity index (χ1n) is 5.50. The minimum atomic E-state index is -1.92. The van der Waals surface area contributed by atoms with E-state index in [1.807, 2.05) is 13.3 Å². The second-order valence-electron chi connectivity index (χ2n) is 5.20. The van der Waals surface area contributed by atoms with Crippen LogP contribution in [0.15, 0.2) is 5.11 Å². The molecular weight excluding hydrogens is 208 g/mol. The largest absolute Gasteiger partial charge is 0.324 e. The highest BCUT2D eigenvalue weighted by Gasteiger charge is 2.31. The third-order valence-electron chi connectivity index (χ3n) is 3.13. The van der Waals surface area contributed by atoms with Gasteiger partial charge in [-0.1, -0.05) is 17.4 Å². The average molecular weight is 227 g/mol. The van der Waals surface area contributed by atoms with Crippen molar-refractivity contribution in [3.63, 3.8) is 0 Å². The van der Waals surface area contributed by atoms with Crippen LogP contribution in [0.25, 0.3) is 10.4 Å². The van der Waals surface area contributed by atoms with Crippen LogP contribution in [0.4, 0.5) is 0 Å². The molecule has 0 aromatic carbocycles. The summed E-state index contributed by atoms with van der Waals surface area (Å²) in [5.41, 5.74) is 8.46. The van der Waals surface area contributed by atoms with Crippen molar-refractivity contribution in [2.24, 2.45) is 11.0 Å². The van der Waals surface area contributed by atoms with E-state index < -0.39 is 7.14 Å². The van der Waals surface area contributed by atoms with Crippen LogP contribution in [0, 0.1) is 5.92 Å². The molecule has 3 unspecified atom stereocenters. The molecule has 1 aliphatic rings. The first-order valence-corrected chi connectivity index (χ1v) is 8.29. The second kappa shape index (κ2) is 5.09. The summed E-state index contributed by atoms with van der Waals surface area (Å²) in [7, 11) is 0.274. The van der Waals surface area contributed by atoms with E-state index >= 15 is 0 Å². The second-order valence-corrected chi connectivity index (χ2v) is 8.79. The van der Waals surface area contributed by atoms with Crippen LogP contribution in [-0.4, -0.2) is 33.4 Å². The van der Waals surface area contributed by atoms with Gasteiger partial charge in [0.15, 0.2) is 0 Å². The Labute approximate surface area is 92.2 Å².